The third kappa shape index (κ3) is 4.27. The summed E-state index contributed by atoms with van der Waals surface area (Å²) in [6.07, 6.45) is 3.95. The zero-order chi connectivity index (χ0) is 15.1. The van der Waals surface area contributed by atoms with Crippen molar-refractivity contribution < 1.29 is 4.39 Å². The van der Waals surface area contributed by atoms with Gasteiger partial charge in [0.15, 0.2) is 0 Å². The van der Waals surface area contributed by atoms with Gasteiger partial charge in [-0.2, -0.15) is 5.26 Å². The average Bonchev–Trinajstić information content (AvgIpc) is 2.52. The van der Waals surface area contributed by atoms with Gasteiger partial charge < -0.3 is 4.90 Å². The van der Waals surface area contributed by atoms with Gasteiger partial charge in [-0.15, -0.1) is 0 Å². The van der Waals surface area contributed by atoms with Gasteiger partial charge in [0, 0.05) is 36.5 Å². The van der Waals surface area contributed by atoms with Crippen LogP contribution in [-0.4, -0.2) is 11.5 Å². The summed E-state index contributed by atoms with van der Waals surface area (Å²) in [5.74, 6) is -0.255. The van der Waals surface area contributed by atoms with E-state index < -0.39 is 0 Å². The molecule has 21 heavy (non-hydrogen) atoms. The molecule has 1 heterocycles. The molecule has 0 radical (unpaired) electrons. The third-order valence-corrected chi connectivity index (χ3v) is 3.72. The number of nitriles is 1. The monoisotopic (exact) mass is 347 g/mol. The van der Waals surface area contributed by atoms with Crippen molar-refractivity contribution in [1.29, 1.82) is 5.26 Å². The van der Waals surface area contributed by atoms with Gasteiger partial charge in [0.05, 0.1) is 12.5 Å². The zero-order valence-electron chi connectivity index (χ0n) is 11.5. The summed E-state index contributed by atoms with van der Waals surface area (Å²) in [6.45, 7) is 1.23. The molecule has 0 N–H and O–H groups in total. The lowest BCUT2D eigenvalue weighted by Gasteiger charge is -2.26. The van der Waals surface area contributed by atoms with E-state index in [4.69, 9.17) is 5.26 Å². The first-order valence-corrected chi connectivity index (χ1v) is 7.72. The Morgan fingerprint density at radius 3 is 2.86 bits per heavy atom. The van der Waals surface area contributed by atoms with Crippen molar-refractivity contribution in [2.24, 2.45) is 0 Å². The molecule has 0 spiro atoms. The number of nitrogens with zero attached hydrogens (tertiary/aromatic N) is 3. The first-order valence-electron chi connectivity index (χ1n) is 6.60. The van der Waals surface area contributed by atoms with E-state index in [2.05, 4.69) is 31.9 Å². The second-order valence-corrected chi connectivity index (χ2v) is 5.16. The Morgan fingerprint density at radius 1 is 1.33 bits per heavy atom. The molecule has 0 saturated heterocycles. The molecule has 0 saturated carbocycles. The summed E-state index contributed by atoms with van der Waals surface area (Å²) < 4.78 is 13.4. The van der Waals surface area contributed by atoms with Crippen LogP contribution in [0.1, 0.15) is 17.5 Å². The Kier molecular flexibility index (Phi) is 5.70. The smallest absolute Gasteiger partial charge is 0.123 e. The number of hydrogen-bond donors (Lipinski definition) is 0. The molecule has 0 unspecified atom stereocenters. The van der Waals surface area contributed by atoms with Gasteiger partial charge in [-0.3, -0.25) is 4.98 Å². The Morgan fingerprint density at radius 2 is 2.19 bits per heavy atom. The van der Waals surface area contributed by atoms with Crippen molar-refractivity contribution in [3.63, 3.8) is 0 Å². The van der Waals surface area contributed by atoms with Gasteiger partial charge in [-0.25, -0.2) is 4.39 Å². The minimum atomic E-state index is -0.255. The lowest BCUT2D eigenvalue weighted by atomic mass is 10.1. The summed E-state index contributed by atoms with van der Waals surface area (Å²) in [4.78, 5) is 6.19. The van der Waals surface area contributed by atoms with Crippen LogP contribution in [0.5, 0.6) is 0 Å². The Hall–Kier alpha value is -1.93. The highest BCUT2D eigenvalue weighted by molar-refractivity contribution is 9.08. The molecule has 0 aliphatic carbocycles. The summed E-state index contributed by atoms with van der Waals surface area (Å²) in [7, 11) is 0. The standard InChI is InChI=1S/C16H15BrFN3/c17-10-14-9-15(18)4-5-16(14)21(8-2-6-19)12-13-3-1-7-20-11-13/h1,3-5,7,9,11H,2,8,10,12H2. The molecule has 0 atom stereocenters. The molecular formula is C16H15BrFN3. The number of halogens is 2. The average molecular weight is 348 g/mol. The summed E-state index contributed by atoms with van der Waals surface area (Å²) in [5.41, 5.74) is 2.87. The fourth-order valence-corrected chi connectivity index (χ4v) is 2.60. The van der Waals surface area contributed by atoms with Gasteiger partial charge in [-0.1, -0.05) is 22.0 Å². The highest BCUT2D eigenvalue weighted by atomic mass is 79.9. The van der Waals surface area contributed by atoms with Crippen molar-refractivity contribution in [3.8, 4) is 6.07 Å². The largest absolute Gasteiger partial charge is 0.366 e. The Labute approximate surface area is 132 Å². The van der Waals surface area contributed by atoms with Crippen molar-refractivity contribution in [2.75, 3.05) is 11.4 Å². The van der Waals surface area contributed by atoms with Crippen LogP contribution in [-0.2, 0) is 11.9 Å². The Bertz CT molecular complexity index is 625. The van der Waals surface area contributed by atoms with Crippen LogP contribution in [0.3, 0.4) is 0 Å². The van der Waals surface area contributed by atoms with Gasteiger partial charge >= 0.3 is 0 Å². The number of hydrogen-bond acceptors (Lipinski definition) is 3. The highest BCUT2D eigenvalue weighted by Gasteiger charge is 2.12. The van der Waals surface area contributed by atoms with Crippen LogP contribution >= 0.6 is 15.9 Å². The van der Waals surface area contributed by atoms with Crippen molar-refractivity contribution in [1.82, 2.24) is 4.98 Å². The molecule has 0 bridgehead atoms. The van der Waals surface area contributed by atoms with Crippen LogP contribution < -0.4 is 4.90 Å². The molecule has 0 amide bonds. The Balaban J connectivity index is 2.29. The molecule has 1 aromatic carbocycles. The second-order valence-electron chi connectivity index (χ2n) is 4.60. The lowest BCUT2D eigenvalue weighted by molar-refractivity contribution is 0.626. The van der Waals surface area contributed by atoms with E-state index in [9.17, 15) is 4.39 Å². The van der Waals surface area contributed by atoms with Crippen LogP contribution in [0.2, 0.25) is 0 Å². The molecule has 1 aromatic heterocycles. The number of rotatable bonds is 6. The van der Waals surface area contributed by atoms with Crippen LogP contribution in [0.25, 0.3) is 0 Å². The summed E-state index contributed by atoms with van der Waals surface area (Å²) in [5, 5.41) is 9.41. The number of anilines is 1. The summed E-state index contributed by atoms with van der Waals surface area (Å²) >= 11 is 3.39. The zero-order valence-corrected chi connectivity index (χ0v) is 13.1. The first kappa shape index (κ1) is 15.5. The predicted octanol–water partition coefficient (Wildman–Crippen LogP) is 4.04. The molecule has 0 aliphatic heterocycles. The maximum atomic E-state index is 13.4. The molecule has 0 aliphatic rings. The normalized spacial score (nSPS) is 10.1. The van der Waals surface area contributed by atoms with Crippen LogP contribution in [0, 0.1) is 17.1 Å². The molecule has 2 rings (SSSR count). The van der Waals surface area contributed by atoms with Crippen molar-refractivity contribution >= 4 is 21.6 Å². The van der Waals surface area contributed by atoms with E-state index in [-0.39, 0.29) is 5.82 Å². The fourth-order valence-electron chi connectivity index (χ4n) is 2.15. The molecule has 0 fully saturated rings. The topological polar surface area (TPSA) is 39.9 Å². The van der Waals surface area contributed by atoms with Crippen molar-refractivity contribution in [2.45, 2.75) is 18.3 Å². The first-order chi connectivity index (χ1) is 10.2. The number of benzene rings is 1. The van der Waals surface area contributed by atoms with Crippen LogP contribution in [0.15, 0.2) is 42.7 Å². The number of pyridine rings is 1. The number of aromatic nitrogens is 1. The van der Waals surface area contributed by atoms with Gasteiger partial charge in [0.1, 0.15) is 5.82 Å². The minimum absolute atomic E-state index is 0.255. The van der Waals surface area contributed by atoms with E-state index in [1.807, 2.05) is 12.1 Å². The summed E-state index contributed by atoms with van der Waals surface area (Å²) in [6, 6.07) is 10.8. The SMILES string of the molecule is N#CCCN(Cc1cccnc1)c1ccc(F)cc1CBr. The highest BCUT2D eigenvalue weighted by Crippen LogP contribution is 2.25. The fraction of sp³-hybridized carbons (Fsp3) is 0.250. The molecule has 5 heteroatoms. The molecular weight excluding hydrogens is 333 g/mol. The second kappa shape index (κ2) is 7.75. The van der Waals surface area contributed by atoms with E-state index in [0.29, 0.717) is 24.8 Å². The molecule has 108 valence electrons. The molecule has 2 aromatic rings. The van der Waals surface area contributed by atoms with E-state index in [1.54, 1.807) is 18.5 Å². The van der Waals surface area contributed by atoms with E-state index in [0.717, 1.165) is 16.8 Å². The predicted molar refractivity (Wildman–Crippen MR) is 84.5 cm³/mol. The van der Waals surface area contributed by atoms with E-state index >= 15 is 0 Å². The van der Waals surface area contributed by atoms with Gasteiger partial charge in [-0.05, 0) is 35.4 Å². The third-order valence-electron chi connectivity index (χ3n) is 3.12. The quantitative estimate of drug-likeness (QED) is 0.740. The molecule has 3 nitrogen and oxygen atoms in total. The van der Waals surface area contributed by atoms with Crippen LogP contribution in [0.4, 0.5) is 10.1 Å². The maximum absolute atomic E-state index is 13.4. The maximum Gasteiger partial charge on any atom is 0.123 e. The van der Waals surface area contributed by atoms with Gasteiger partial charge in [0.2, 0.25) is 0 Å². The van der Waals surface area contributed by atoms with Gasteiger partial charge in [0.25, 0.3) is 0 Å². The van der Waals surface area contributed by atoms with E-state index in [1.165, 1.54) is 12.1 Å². The lowest BCUT2D eigenvalue weighted by Crippen LogP contribution is -2.24. The number of alkyl halides is 1. The minimum Gasteiger partial charge on any atom is -0.366 e. The van der Waals surface area contributed by atoms with Crippen molar-refractivity contribution in [3.05, 3.63) is 59.7 Å².